The van der Waals surface area contributed by atoms with Gasteiger partial charge in [-0.05, 0) is 31.0 Å². The molecule has 0 aliphatic heterocycles. The number of rotatable bonds is 3. The fourth-order valence-corrected chi connectivity index (χ4v) is 2.25. The lowest BCUT2D eigenvalue weighted by molar-refractivity contribution is 0.194. The maximum absolute atomic E-state index is 9.53. The van der Waals surface area contributed by atoms with Gasteiger partial charge in [-0.15, -0.1) is 0 Å². The zero-order valence-corrected chi connectivity index (χ0v) is 10.5. The maximum Gasteiger partial charge on any atom is 0.107 e. The number of aromatic nitrogens is 2. The lowest BCUT2D eigenvalue weighted by Gasteiger charge is -2.22. The second-order valence-corrected chi connectivity index (χ2v) is 4.77. The lowest BCUT2D eigenvalue weighted by Crippen LogP contribution is -2.20. The third-order valence-electron chi connectivity index (χ3n) is 3.18. The van der Waals surface area contributed by atoms with Crippen LogP contribution >= 0.6 is 0 Å². The first kappa shape index (κ1) is 11.9. The maximum atomic E-state index is 9.53. The zero-order valence-electron chi connectivity index (χ0n) is 10.5. The summed E-state index contributed by atoms with van der Waals surface area (Å²) in [6.07, 6.45) is 0. The van der Waals surface area contributed by atoms with E-state index in [2.05, 4.69) is 23.4 Å². The molecule has 0 fully saturated rings. The van der Waals surface area contributed by atoms with Crippen LogP contribution in [0.25, 0.3) is 11.0 Å². The SMILES string of the molecule is Cc1nc2cc(N)ccc2n1C(CO)C(C)C. The number of aryl methyl sites for hydroxylation is 1. The molecule has 0 spiro atoms. The molecule has 3 N–H and O–H groups in total. The van der Waals surface area contributed by atoms with Gasteiger partial charge in [0.05, 0.1) is 23.7 Å². The molecule has 1 aromatic carbocycles. The average Bonchev–Trinajstić information content (AvgIpc) is 2.55. The van der Waals surface area contributed by atoms with Crippen molar-refractivity contribution in [2.75, 3.05) is 12.3 Å². The molecule has 0 aliphatic rings. The fourth-order valence-electron chi connectivity index (χ4n) is 2.25. The molecule has 0 aliphatic carbocycles. The Morgan fingerprint density at radius 1 is 1.41 bits per heavy atom. The molecular weight excluding hydrogens is 214 g/mol. The second-order valence-electron chi connectivity index (χ2n) is 4.77. The van der Waals surface area contributed by atoms with Gasteiger partial charge >= 0.3 is 0 Å². The summed E-state index contributed by atoms with van der Waals surface area (Å²) >= 11 is 0. The molecule has 1 atom stereocenters. The minimum atomic E-state index is 0.0589. The van der Waals surface area contributed by atoms with Gasteiger partial charge in [-0.2, -0.15) is 0 Å². The van der Waals surface area contributed by atoms with Gasteiger partial charge in [0.25, 0.3) is 0 Å². The predicted octanol–water partition coefficient (Wildman–Crippen LogP) is 2.12. The molecule has 0 saturated carbocycles. The molecule has 0 amide bonds. The van der Waals surface area contributed by atoms with Crippen molar-refractivity contribution in [3.05, 3.63) is 24.0 Å². The Bertz CT molecular complexity index is 531. The summed E-state index contributed by atoms with van der Waals surface area (Å²) in [7, 11) is 0. The highest BCUT2D eigenvalue weighted by Crippen LogP contribution is 2.26. The quantitative estimate of drug-likeness (QED) is 0.798. The van der Waals surface area contributed by atoms with Crippen molar-refractivity contribution < 1.29 is 5.11 Å². The van der Waals surface area contributed by atoms with Crippen LogP contribution in [0.15, 0.2) is 18.2 Å². The normalized spacial score (nSPS) is 13.5. The zero-order chi connectivity index (χ0) is 12.6. The van der Waals surface area contributed by atoms with Crippen molar-refractivity contribution in [3.8, 4) is 0 Å². The van der Waals surface area contributed by atoms with Crippen LogP contribution in [0.5, 0.6) is 0 Å². The molecule has 17 heavy (non-hydrogen) atoms. The molecule has 92 valence electrons. The number of aliphatic hydroxyl groups is 1. The van der Waals surface area contributed by atoms with Gasteiger partial charge in [0.1, 0.15) is 5.82 Å². The number of benzene rings is 1. The Hall–Kier alpha value is -1.55. The van der Waals surface area contributed by atoms with Gasteiger partial charge in [-0.3, -0.25) is 0 Å². The van der Waals surface area contributed by atoms with Crippen LogP contribution in [0.4, 0.5) is 5.69 Å². The highest BCUT2D eigenvalue weighted by molar-refractivity contribution is 5.79. The van der Waals surface area contributed by atoms with Crippen LogP contribution in [0.2, 0.25) is 0 Å². The van der Waals surface area contributed by atoms with Crippen molar-refractivity contribution in [2.24, 2.45) is 5.92 Å². The standard InChI is InChI=1S/C13H19N3O/c1-8(2)13(7-17)16-9(3)15-11-6-10(14)4-5-12(11)16/h4-6,8,13,17H,7,14H2,1-3H3. The van der Waals surface area contributed by atoms with Crippen molar-refractivity contribution in [2.45, 2.75) is 26.8 Å². The smallest absolute Gasteiger partial charge is 0.107 e. The minimum Gasteiger partial charge on any atom is -0.399 e. The van der Waals surface area contributed by atoms with Gasteiger partial charge in [-0.1, -0.05) is 13.8 Å². The first-order chi connectivity index (χ1) is 8.04. The third-order valence-corrected chi connectivity index (χ3v) is 3.18. The van der Waals surface area contributed by atoms with Crippen LogP contribution in [0.1, 0.15) is 25.7 Å². The summed E-state index contributed by atoms with van der Waals surface area (Å²) in [4.78, 5) is 4.50. The van der Waals surface area contributed by atoms with Crippen LogP contribution in [-0.2, 0) is 0 Å². The topological polar surface area (TPSA) is 64.1 Å². The Labute approximate surface area is 101 Å². The summed E-state index contributed by atoms with van der Waals surface area (Å²) in [5.41, 5.74) is 8.39. The summed E-state index contributed by atoms with van der Waals surface area (Å²) in [5.74, 6) is 1.27. The number of nitrogens with zero attached hydrogens (tertiary/aromatic N) is 2. The van der Waals surface area contributed by atoms with Gasteiger partial charge in [0.15, 0.2) is 0 Å². The largest absolute Gasteiger partial charge is 0.399 e. The van der Waals surface area contributed by atoms with E-state index in [1.54, 1.807) is 0 Å². The van der Waals surface area contributed by atoms with Gasteiger partial charge in [0.2, 0.25) is 0 Å². The van der Waals surface area contributed by atoms with Gasteiger partial charge in [-0.25, -0.2) is 4.98 Å². The number of anilines is 1. The van der Waals surface area contributed by atoms with E-state index in [4.69, 9.17) is 5.73 Å². The highest BCUT2D eigenvalue weighted by atomic mass is 16.3. The third kappa shape index (κ3) is 2.00. The van der Waals surface area contributed by atoms with E-state index in [-0.39, 0.29) is 12.6 Å². The summed E-state index contributed by atoms with van der Waals surface area (Å²) in [6, 6.07) is 5.77. The molecule has 0 radical (unpaired) electrons. The molecule has 0 bridgehead atoms. The Morgan fingerprint density at radius 3 is 2.71 bits per heavy atom. The van der Waals surface area contributed by atoms with Crippen molar-refractivity contribution in [1.29, 1.82) is 0 Å². The van der Waals surface area contributed by atoms with Crippen molar-refractivity contribution in [1.82, 2.24) is 9.55 Å². The highest BCUT2D eigenvalue weighted by Gasteiger charge is 2.19. The molecule has 4 nitrogen and oxygen atoms in total. The van der Waals surface area contributed by atoms with Gasteiger partial charge < -0.3 is 15.4 Å². The van der Waals surface area contributed by atoms with E-state index < -0.39 is 0 Å². The Balaban J connectivity index is 2.63. The molecule has 0 saturated heterocycles. The lowest BCUT2D eigenvalue weighted by atomic mass is 10.0. The van der Waals surface area contributed by atoms with Crippen molar-refractivity contribution in [3.63, 3.8) is 0 Å². The van der Waals surface area contributed by atoms with E-state index in [1.807, 2.05) is 25.1 Å². The number of nitrogen functional groups attached to an aromatic ring is 1. The number of imidazole rings is 1. The summed E-state index contributed by atoms with van der Waals surface area (Å²) < 4.78 is 2.10. The van der Waals surface area contributed by atoms with E-state index >= 15 is 0 Å². The fraction of sp³-hybridized carbons (Fsp3) is 0.462. The first-order valence-corrected chi connectivity index (χ1v) is 5.89. The van der Waals surface area contributed by atoms with Crippen LogP contribution in [0.3, 0.4) is 0 Å². The van der Waals surface area contributed by atoms with Crippen LogP contribution in [-0.4, -0.2) is 21.3 Å². The Morgan fingerprint density at radius 2 is 2.12 bits per heavy atom. The van der Waals surface area contributed by atoms with Gasteiger partial charge in [0, 0.05) is 5.69 Å². The minimum absolute atomic E-state index is 0.0589. The number of aliphatic hydroxyl groups excluding tert-OH is 1. The van der Waals surface area contributed by atoms with E-state index in [0.29, 0.717) is 11.6 Å². The van der Waals surface area contributed by atoms with Crippen LogP contribution in [0, 0.1) is 12.8 Å². The second kappa shape index (κ2) is 4.37. The van der Waals surface area contributed by atoms with Crippen LogP contribution < -0.4 is 5.73 Å². The number of nitrogens with two attached hydrogens (primary N) is 1. The molecular formula is C13H19N3O. The summed E-state index contributed by atoms with van der Waals surface area (Å²) in [5, 5.41) is 9.53. The molecule has 1 unspecified atom stereocenters. The summed E-state index contributed by atoms with van der Waals surface area (Å²) in [6.45, 7) is 6.28. The Kier molecular flexibility index (Phi) is 3.07. The van der Waals surface area contributed by atoms with Crippen molar-refractivity contribution >= 4 is 16.7 Å². The molecule has 2 aromatic rings. The first-order valence-electron chi connectivity index (χ1n) is 5.89. The monoisotopic (exact) mass is 233 g/mol. The average molecular weight is 233 g/mol. The molecule has 1 aromatic heterocycles. The van der Waals surface area contributed by atoms with E-state index in [0.717, 1.165) is 16.9 Å². The number of hydrogen-bond donors (Lipinski definition) is 2. The molecule has 1 heterocycles. The predicted molar refractivity (Wildman–Crippen MR) is 69.8 cm³/mol. The van der Waals surface area contributed by atoms with E-state index in [9.17, 15) is 5.11 Å². The van der Waals surface area contributed by atoms with E-state index in [1.165, 1.54) is 0 Å². The molecule has 2 rings (SSSR count). The molecule has 4 heteroatoms. The number of fused-ring (bicyclic) bond motifs is 1. The number of hydrogen-bond acceptors (Lipinski definition) is 3.